The number of nitro groups is 1. The van der Waals surface area contributed by atoms with Crippen LogP contribution in [-0.4, -0.2) is 38.9 Å². The standard InChI is InChI=1S/C24H20FN7O4/c25-17-7-3-6-14-16(12-31(21(14)17)10-4-9-27-24(26)30-32(35)36)20-19(22(33)29-23(20)34)15-11-28-18-8-2-1-5-13(15)18/h1-3,5-8,11-12,28H,4,9-10H2,(H3,26,27,30)(H,29,33,34). The van der Waals surface area contributed by atoms with Crippen LogP contribution in [0.1, 0.15) is 17.5 Å². The number of aromatic nitrogens is 2. The Morgan fingerprint density at radius 2 is 1.81 bits per heavy atom. The second-order valence-corrected chi connectivity index (χ2v) is 8.16. The van der Waals surface area contributed by atoms with E-state index in [9.17, 15) is 24.1 Å². The van der Waals surface area contributed by atoms with E-state index in [-0.39, 0.29) is 29.2 Å². The predicted molar refractivity (Wildman–Crippen MR) is 131 cm³/mol. The number of H-pyrrole nitrogens is 1. The number of amides is 2. The zero-order valence-electron chi connectivity index (χ0n) is 18.7. The van der Waals surface area contributed by atoms with Gasteiger partial charge >= 0.3 is 0 Å². The van der Waals surface area contributed by atoms with Gasteiger partial charge in [0.05, 0.1) is 16.7 Å². The summed E-state index contributed by atoms with van der Waals surface area (Å²) in [5.74, 6) is -1.91. The fraction of sp³-hybridized carbons (Fsp3) is 0.125. The SMILES string of the molecule is NC(=N[N+](=O)[O-])NCCCn1cc(C2=C(c3c[nH]c4ccccc34)C(=O)NC2=O)c2cccc(F)c21. The highest BCUT2D eigenvalue weighted by Gasteiger charge is 2.35. The van der Waals surface area contributed by atoms with Gasteiger partial charge in [0.15, 0.2) is 5.03 Å². The fourth-order valence-electron chi connectivity index (χ4n) is 4.53. The highest BCUT2D eigenvalue weighted by molar-refractivity contribution is 6.50. The Bertz CT molecular complexity index is 1620. The van der Waals surface area contributed by atoms with Crippen molar-refractivity contribution in [1.82, 2.24) is 20.2 Å². The molecule has 0 saturated carbocycles. The van der Waals surface area contributed by atoms with Gasteiger partial charge in [0.2, 0.25) is 0 Å². The summed E-state index contributed by atoms with van der Waals surface area (Å²) in [5.41, 5.74) is 7.90. The number of nitrogens with two attached hydrogens (primary N) is 1. The number of rotatable bonds is 7. The number of aryl methyl sites for hydroxylation is 1. The van der Waals surface area contributed by atoms with Gasteiger partial charge in [0, 0.05) is 52.9 Å². The van der Waals surface area contributed by atoms with Gasteiger partial charge in [0.1, 0.15) is 10.9 Å². The first-order chi connectivity index (χ1) is 17.3. The molecule has 0 aliphatic carbocycles. The summed E-state index contributed by atoms with van der Waals surface area (Å²) in [7, 11) is 0. The van der Waals surface area contributed by atoms with Crippen LogP contribution in [0.5, 0.6) is 0 Å². The summed E-state index contributed by atoms with van der Waals surface area (Å²) < 4.78 is 16.6. The quantitative estimate of drug-likeness (QED) is 0.0778. The lowest BCUT2D eigenvalue weighted by molar-refractivity contribution is -0.485. The lowest BCUT2D eigenvalue weighted by atomic mass is 9.95. The number of benzene rings is 2. The third-order valence-electron chi connectivity index (χ3n) is 5.98. The number of nitrogens with one attached hydrogen (secondary N) is 3. The molecule has 2 aromatic heterocycles. The summed E-state index contributed by atoms with van der Waals surface area (Å²) in [5, 5.41) is 18.7. The molecule has 36 heavy (non-hydrogen) atoms. The first-order valence-corrected chi connectivity index (χ1v) is 11.0. The Labute approximate surface area is 202 Å². The van der Waals surface area contributed by atoms with Crippen LogP contribution in [0.25, 0.3) is 33.0 Å². The molecule has 1 aliphatic heterocycles. The summed E-state index contributed by atoms with van der Waals surface area (Å²) in [4.78, 5) is 39.4. The largest absolute Gasteiger partial charge is 0.365 e. The number of nitrogens with zero attached hydrogens (tertiary/aromatic N) is 3. The average Bonchev–Trinajstić information content (AvgIpc) is 3.49. The van der Waals surface area contributed by atoms with E-state index in [4.69, 9.17) is 5.73 Å². The van der Waals surface area contributed by atoms with E-state index in [0.717, 1.165) is 10.9 Å². The minimum absolute atomic E-state index is 0.166. The van der Waals surface area contributed by atoms with Gasteiger partial charge in [-0.1, -0.05) is 30.3 Å². The molecular weight excluding hydrogens is 469 g/mol. The van der Waals surface area contributed by atoms with Crippen molar-refractivity contribution in [1.29, 1.82) is 0 Å². The van der Waals surface area contributed by atoms with Crippen LogP contribution in [-0.2, 0) is 16.1 Å². The van der Waals surface area contributed by atoms with E-state index in [0.29, 0.717) is 29.5 Å². The number of para-hydroxylation sites is 2. The van der Waals surface area contributed by atoms with Crippen LogP contribution in [0, 0.1) is 15.9 Å². The Hall–Kier alpha value is -5.00. The molecule has 0 bridgehead atoms. The number of hydrogen-bond donors (Lipinski definition) is 4. The number of fused-ring (bicyclic) bond motifs is 2. The Morgan fingerprint density at radius 1 is 1.08 bits per heavy atom. The summed E-state index contributed by atoms with van der Waals surface area (Å²) in [6, 6.07) is 12.0. The van der Waals surface area contributed by atoms with Gasteiger partial charge in [-0.3, -0.25) is 14.9 Å². The molecule has 0 radical (unpaired) electrons. The second-order valence-electron chi connectivity index (χ2n) is 8.16. The van der Waals surface area contributed by atoms with Gasteiger partial charge in [-0.15, -0.1) is 0 Å². The molecule has 12 heteroatoms. The number of imide groups is 1. The Balaban J connectivity index is 1.58. The first kappa shape index (κ1) is 22.8. The first-order valence-electron chi connectivity index (χ1n) is 11.0. The molecule has 1 aliphatic rings. The molecule has 4 aromatic rings. The van der Waals surface area contributed by atoms with Crippen molar-refractivity contribution in [2.45, 2.75) is 13.0 Å². The third-order valence-corrected chi connectivity index (χ3v) is 5.98. The Morgan fingerprint density at radius 3 is 2.58 bits per heavy atom. The molecule has 11 nitrogen and oxygen atoms in total. The molecule has 0 fully saturated rings. The smallest absolute Gasteiger partial charge is 0.266 e. The maximum atomic E-state index is 14.9. The topological polar surface area (TPSA) is 160 Å². The third kappa shape index (κ3) is 3.94. The van der Waals surface area contributed by atoms with Crippen LogP contribution in [0.15, 0.2) is 60.0 Å². The maximum absolute atomic E-state index is 14.9. The lowest BCUT2D eigenvalue weighted by Crippen LogP contribution is -2.33. The van der Waals surface area contributed by atoms with Crippen molar-refractivity contribution >= 4 is 50.7 Å². The number of hydrazone groups is 1. The van der Waals surface area contributed by atoms with E-state index in [2.05, 4.69) is 20.7 Å². The van der Waals surface area contributed by atoms with Crippen molar-refractivity contribution < 1.29 is 19.0 Å². The van der Waals surface area contributed by atoms with Crippen molar-refractivity contribution in [3.63, 3.8) is 0 Å². The second kappa shape index (κ2) is 8.98. The highest BCUT2D eigenvalue weighted by atomic mass is 19.1. The van der Waals surface area contributed by atoms with Crippen LogP contribution >= 0.6 is 0 Å². The van der Waals surface area contributed by atoms with Crippen molar-refractivity contribution in [2.24, 2.45) is 10.8 Å². The molecule has 0 saturated heterocycles. The van der Waals surface area contributed by atoms with Crippen LogP contribution in [0.4, 0.5) is 4.39 Å². The van der Waals surface area contributed by atoms with Gasteiger partial charge in [-0.05, 0) is 18.6 Å². The summed E-state index contributed by atoms with van der Waals surface area (Å²) in [6.45, 7) is 0.552. The Kier molecular flexibility index (Phi) is 5.68. The van der Waals surface area contributed by atoms with Crippen LogP contribution in [0.3, 0.4) is 0 Å². The molecule has 0 unspecified atom stereocenters. The van der Waals surface area contributed by atoms with Gasteiger partial charge < -0.3 is 20.6 Å². The minimum Gasteiger partial charge on any atom is -0.365 e. The van der Waals surface area contributed by atoms with Crippen LogP contribution < -0.4 is 16.4 Å². The van der Waals surface area contributed by atoms with Crippen molar-refractivity contribution in [3.8, 4) is 0 Å². The molecule has 2 amide bonds. The average molecular weight is 489 g/mol. The number of carbonyl (C=O) groups is 2. The van der Waals surface area contributed by atoms with Gasteiger partial charge in [-0.25, -0.2) is 14.5 Å². The normalized spacial score (nSPS) is 14.2. The van der Waals surface area contributed by atoms with E-state index in [1.54, 1.807) is 29.1 Å². The molecule has 5 N–H and O–H groups in total. The zero-order valence-corrected chi connectivity index (χ0v) is 18.7. The molecule has 0 atom stereocenters. The fourth-order valence-corrected chi connectivity index (χ4v) is 4.53. The summed E-state index contributed by atoms with van der Waals surface area (Å²) in [6.07, 6.45) is 3.75. The molecule has 3 heterocycles. The van der Waals surface area contributed by atoms with E-state index in [1.807, 2.05) is 24.3 Å². The molecular formula is C24H20FN7O4. The van der Waals surface area contributed by atoms with E-state index >= 15 is 0 Å². The van der Waals surface area contributed by atoms with E-state index in [1.165, 1.54) is 6.07 Å². The number of guanidine groups is 1. The minimum atomic E-state index is -0.906. The van der Waals surface area contributed by atoms with Gasteiger partial charge in [0.25, 0.3) is 17.8 Å². The van der Waals surface area contributed by atoms with Crippen LogP contribution in [0.2, 0.25) is 0 Å². The van der Waals surface area contributed by atoms with Crippen molar-refractivity contribution in [2.75, 3.05) is 6.54 Å². The predicted octanol–water partition coefficient (Wildman–Crippen LogP) is 2.32. The van der Waals surface area contributed by atoms with Crippen molar-refractivity contribution in [3.05, 3.63) is 81.9 Å². The number of carbonyl (C=O) groups excluding carboxylic acids is 2. The van der Waals surface area contributed by atoms with Gasteiger partial charge in [-0.2, -0.15) is 0 Å². The summed E-state index contributed by atoms with van der Waals surface area (Å²) >= 11 is 0. The molecule has 2 aromatic carbocycles. The number of aromatic amines is 1. The zero-order chi connectivity index (χ0) is 25.4. The highest BCUT2D eigenvalue weighted by Crippen LogP contribution is 2.38. The van der Waals surface area contributed by atoms with E-state index < -0.39 is 22.7 Å². The molecule has 182 valence electrons. The monoisotopic (exact) mass is 489 g/mol. The lowest BCUT2D eigenvalue weighted by Gasteiger charge is -2.06. The number of halogens is 1. The molecule has 5 rings (SSSR count). The molecule has 0 spiro atoms. The maximum Gasteiger partial charge on any atom is 0.266 e. The number of hydrogen-bond acceptors (Lipinski definition) is 4.